The number of nitrogens with zero attached hydrogens (tertiary/aromatic N) is 2. The van der Waals surface area contributed by atoms with E-state index in [2.05, 4.69) is 10.4 Å². The van der Waals surface area contributed by atoms with E-state index in [1.54, 1.807) is 4.68 Å². The minimum Gasteiger partial charge on any atom is -0.364 e. The Labute approximate surface area is 125 Å². The predicted octanol–water partition coefficient (Wildman–Crippen LogP) is 0.834. The summed E-state index contributed by atoms with van der Waals surface area (Å²) in [5.74, 6) is -0.0632. The Bertz CT molecular complexity index is 463. The number of nitrogens with one attached hydrogen (secondary N) is 1. The van der Waals surface area contributed by atoms with Gasteiger partial charge in [-0.2, -0.15) is 5.10 Å². The second kappa shape index (κ2) is 7.06. The summed E-state index contributed by atoms with van der Waals surface area (Å²) in [4.78, 5) is 12.1. The second-order valence-electron chi connectivity index (χ2n) is 5.13. The van der Waals surface area contributed by atoms with E-state index in [1.165, 1.54) is 0 Å². The number of ether oxygens (including phenoxy) is 1. The van der Waals surface area contributed by atoms with E-state index in [4.69, 9.17) is 10.5 Å². The summed E-state index contributed by atoms with van der Waals surface area (Å²) in [6, 6.07) is -0.0678. The van der Waals surface area contributed by atoms with Crippen LogP contribution in [0.15, 0.2) is 6.20 Å². The molecule has 0 bridgehead atoms. The number of hydrogen-bond donors (Lipinski definition) is 2. The van der Waals surface area contributed by atoms with Crippen LogP contribution in [0.1, 0.15) is 37.1 Å². The normalized spacial score (nSPS) is 23.2. The van der Waals surface area contributed by atoms with Crippen LogP contribution in [0.2, 0.25) is 0 Å². The fraction of sp³-hybridized carbons (Fsp3) is 0.692. The fourth-order valence-electron chi connectivity index (χ4n) is 2.50. The number of rotatable bonds is 4. The SMILES string of the molecule is Cc1nn(C)cc1C(C)NC(=O)[C@@H]1CC[C@H](CN)O1.Cl. The van der Waals surface area contributed by atoms with Crippen LogP contribution in [0.4, 0.5) is 0 Å². The monoisotopic (exact) mass is 302 g/mol. The average Bonchev–Trinajstić information content (AvgIpc) is 2.95. The minimum absolute atomic E-state index is 0. The van der Waals surface area contributed by atoms with Crippen molar-refractivity contribution in [1.82, 2.24) is 15.1 Å². The molecular formula is C13H23ClN4O2. The van der Waals surface area contributed by atoms with Crippen LogP contribution in [-0.2, 0) is 16.6 Å². The Morgan fingerprint density at radius 3 is 2.85 bits per heavy atom. The number of hydrogen-bond acceptors (Lipinski definition) is 4. The number of aryl methyl sites for hydroxylation is 2. The molecule has 2 rings (SSSR count). The highest BCUT2D eigenvalue weighted by Gasteiger charge is 2.30. The first-order valence-corrected chi connectivity index (χ1v) is 6.67. The third-order valence-corrected chi connectivity index (χ3v) is 3.54. The largest absolute Gasteiger partial charge is 0.364 e. The molecule has 0 radical (unpaired) electrons. The molecule has 1 aliphatic heterocycles. The van der Waals surface area contributed by atoms with Gasteiger partial charge >= 0.3 is 0 Å². The van der Waals surface area contributed by atoms with Crippen LogP contribution in [0, 0.1) is 6.92 Å². The smallest absolute Gasteiger partial charge is 0.249 e. The Morgan fingerprint density at radius 2 is 2.35 bits per heavy atom. The van der Waals surface area contributed by atoms with Gasteiger partial charge in [0.2, 0.25) is 5.91 Å². The van der Waals surface area contributed by atoms with Gasteiger partial charge in [0.15, 0.2) is 0 Å². The molecule has 114 valence electrons. The molecule has 1 aromatic rings. The maximum atomic E-state index is 12.1. The van der Waals surface area contributed by atoms with Crippen molar-refractivity contribution in [2.24, 2.45) is 12.8 Å². The molecule has 1 unspecified atom stereocenters. The van der Waals surface area contributed by atoms with Crippen molar-refractivity contribution >= 4 is 18.3 Å². The van der Waals surface area contributed by atoms with Crippen molar-refractivity contribution in [1.29, 1.82) is 0 Å². The molecule has 1 aromatic heterocycles. The number of aromatic nitrogens is 2. The van der Waals surface area contributed by atoms with E-state index in [9.17, 15) is 4.79 Å². The molecule has 1 amide bonds. The van der Waals surface area contributed by atoms with Crippen molar-refractivity contribution in [3.63, 3.8) is 0 Å². The minimum atomic E-state index is -0.368. The first kappa shape index (κ1) is 16.9. The van der Waals surface area contributed by atoms with Crippen LogP contribution in [0.3, 0.4) is 0 Å². The van der Waals surface area contributed by atoms with Gasteiger partial charge in [0, 0.05) is 25.4 Å². The molecule has 6 nitrogen and oxygen atoms in total. The maximum absolute atomic E-state index is 12.1. The Kier molecular flexibility index (Phi) is 5.98. The van der Waals surface area contributed by atoms with Crippen molar-refractivity contribution in [3.05, 3.63) is 17.5 Å². The van der Waals surface area contributed by atoms with Gasteiger partial charge in [0.1, 0.15) is 6.10 Å². The van der Waals surface area contributed by atoms with Gasteiger partial charge in [0.25, 0.3) is 0 Å². The summed E-state index contributed by atoms with van der Waals surface area (Å²) in [6.07, 6.45) is 3.18. The number of halogens is 1. The molecule has 0 aliphatic carbocycles. The Hall–Kier alpha value is -1.11. The lowest BCUT2D eigenvalue weighted by molar-refractivity contribution is -0.132. The Balaban J connectivity index is 0.00000200. The molecule has 1 saturated heterocycles. The van der Waals surface area contributed by atoms with Gasteiger partial charge in [0.05, 0.1) is 17.8 Å². The Morgan fingerprint density at radius 1 is 1.65 bits per heavy atom. The second-order valence-corrected chi connectivity index (χ2v) is 5.13. The average molecular weight is 303 g/mol. The van der Waals surface area contributed by atoms with Gasteiger partial charge in [-0.15, -0.1) is 12.4 Å². The standard InChI is InChI=1S/C13H22N4O2.ClH/c1-8(11-7-17(3)16-9(11)2)15-13(18)12-5-4-10(6-14)19-12;/h7-8,10,12H,4-6,14H2,1-3H3,(H,15,18);1H/t8?,10-,12+;/m1./s1. The quantitative estimate of drug-likeness (QED) is 0.863. The third-order valence-electron chi connectivity index (χ3n) is 3.54. The van der Waals surface area contributed by atoms with Gasteiger partial charge < -0.3 is 15.8 Å². The van der Waals surface area contributed by atoms with Gasteiger partial charge in [-0.25, -0.2) is 0 Å². The summed E-state index contributed by atoms with van der Waals surface area (Å²) in [7, 11) is 1.87. The van der Waals surface area contributed by atoms with Crippen LogP contribution >= 0.6 is 12.4 Å². The fourth-order valence-corrected chi connectivity index (χ4v) is 2.50. The van der Waals surface area contributed by atoms with E-state index in [-0.39, 0.29) is 36.6 Å². The number of carbonyl (C=O) groups is 1. The molecule has 1 fully saturated rings. The first-order valence-electron chi connectivity index (χ1n) is 6.67. The molecule has 0 spiro atoms. The summed E-state index contributed by atoms with van der Waals surface area (Å²) >= 11 is 0. The zero-order valence-electron chi connectivity index (χ0n) is 12.1. The van der Waals surface area contributed by atoms with Crippen molar-refractivity contribution in [3.8, 4) is 0 Å². The molecule has 1 aliphatic rings. The van der Waals surface area contributed by atoms with Crippen LogP contribution in [0.5, 0.6) is 0 Å². The molecule has 3 N–H and O–H groups in total. The van der Waals surface area contributed by atoms with Crippen LogP contribution in [0.25, 0.3) is 0 Å². The van der Waals surface area contributed by atoms with Gasteiger partial charge in [-0.05, 0) is 26.7 Å². The lowest BCUT2D eigenvalue weighted by atomic mass is 10.1. The van der Waals surface area contributed by atoms with Crippen molar-refractivity contribution in [2.75, 3.05) is 6.54 Å². The zero-order chi connectivity index (χ0) is 14.0. The zero-order valence-corrected chi connectivity index (χ0v) is 12.9. The molecule has 20 heavy (non-hydrogen) atoms. The van der Waals surface area contributed by atoms with E-state index in [0.717, 1.165) is 24.1 Å². The van der Waals surface area contributed by atoms with Crippen molar-refractivity contribution in [2.45, 2.75) is 44.9 Å². The molecular weight excluding hydrogens is 280 g/mol. The highest BCUT2D eigenvalue weighted by molar-refractivity contribution is 5.85. The number of amides is 1. The maximum Gasteiger partial charge on any atom is 0.249 e. The van der Waals surface area contributed by atoms with E-state index >= 15 is 0 Å². The molecule has 0 saturated carbocycles. The van der Waals surface area contributed by atoms with E-state index < -0.39 is 0 Å². The molecule has 0 aromatic carbocycles. The summed E-state index contributed by atoms with van der Waals surface area (Å²) in [5.41, 5.74) is 7.51. The topological polar surface area (TPSA) is 82.2 Å². The molecule has 3 atom stereocenters. The molecule has 2 heterocycles. The lowest BCUT2D eigenvalue weighted by Crippen LogP contribution is -2.37. The van der Waals surface area contributed by atoms with Crippen LogP contribution in [-0.4, -0.2) is 34.4 Å². The third kappa shape index (κ3) is 3.71. The first-order chi connectivity index (χ1) is 9.01. The summed E-state index contributed by atoms with van der Waals surface area (Å²) in [5, 5.41) is 7.26. The van der Waals surface area contributed by atoms with Crippen LogP contribution < -0.4 is 11.1 Å². The summed E-state index contributed by atoms with van der Waals surface area (Å²) < 4.78 is 7.34. The highest BCUT2D eigenvalue weighted by atomic mass is 35.5. The van der Waals surface area contributed by atoms with Crippen molar-refractivity contribution < 1.29 is 9.53 Å². The lowest BCUT2D eigenvalue weighted by Gasteiger charge is -2.17. The number of nitrogens with two attached hydrogens (primary N) is 1. The molecule has 7 heteroatoms. The van der Waals surface area contributed by atoms with Gasteiger partial charge in [-0.3, -0.25) is 9.48 Å². The van der Waals surface area contributed by atoms with E-state index in [1.807, 2.05) is 27.1 Å². The van der Waals surface area contributed by atoms with E-state index in [0.29, 0.717) is 6.54 Å². The highest BCUT2D eigenvalue weighted by Crippen LogP contribution is 2.21. The summed E-state index contributed by atoms with van der Waals surface area (Å²) in [6.45, 7) is 4.37. The van der Waals surface area contributed by atoms with Gasteiger partial charge in [-0.1, -0.05) is 0 Å². The number of carbonyl (C=O) groups excluding carboxylic acids is 1. The predicted molar refractivity (Wildman–Crippen MR) is 78.7 cm³/mol.